The first-order valence-electron chi connectivity index (χ1n) is 44.9. The monoisotopic (exact) mass is 1840 g/mol. The zero-order valence-electron chi connectivity index (χ0n) is 74.0. The van der Waals surface area contributed by atoms with Crippen molar-refractivity contribution in [3.05, 3.63) is 233 Å². The predicted molar refractivity (Wildman–Crippen MR) is 501 cm³/mol. The van der Waals surface area contributed by atoms with Gasteiger partial charge in [0.15, 0.2) is 0 Å². The second-order valence-corrected chi connectivity index (χ2v) is 41.7. The molecule has 0 bridgehead atoms. The van der Waals surface area contributed by atoms with Gasteiger partial charge in [0.1, 0.15) is 45.8 Å². The number of sulfonamides is 2. The van der Waals surface area contributed by atoms with Crippen molar-refractivity contribution in [2.45, 2.75) is 152 Å². The number of halogens is 2. The summed E-state index contributed by atoms with van der Waals surface area (Å²) >= 11 is 12.5. The number of aromatic amines is 2. The average Bonchev–Trinajstić information content (AvgIpc) is 0.893. The van der Waals surface area contributed by atoms with E-state index in [0.29, 0.717) is 71.8 Å². The number of hydrogen-bond acceptors (Lipinski definition) is 22. The van der Waals surface area contributed by atoms with E-state index >= 15 is 0 Å². The van der Waals surface area contributed by atoms with Crippen molar-refractivity contribution in [1.82, 2.24) is 39.2 Å². The quantitative estimate of drug-likeness (QED) is 0.0322. The van der Waals surface area contributed by atoms with Crippen LogP contribution in [0, 0.1) is 54.7 Å². The van der Waals surface area contributed by atoms with Crippen molar-refractivity contribution in [3.63, 3.8) is 0 Å². The number of ether oxygens (including phenoxy) is 6. The van der Waals surface area contributed by atoms with Crippen molar-refractivity contribution < 1.29 is 64.7 Å². The lowest BCUT2D eigenvalue weighted by atomic mass is 9.72. The molecular formula is C98H110Cl2N12O16S2. The van der Waals surface area contributed by atoms with Crippen LogP contribution in [0.3, 0.4) is 0 Å². The van der Waals surface area contributed by atoms with Gasteiger partial charge in [-0.05, 0) is 220 Å². The van der Waals surface area contributed by atoms with Gasteiger partial charge in [0.25, 0.3) is 43.2 Å². The number of allylic oxidation sites excluding steroid dienone is 2. The molecule has 4 aliphatic heterocycles. The summed E-state index contributed by atoms with van der Waals surface area (Å²) in [4.78, 5) is 75.4. The van der Waals surface area contributed by atoms with Crippen LogP contribution in [0.1, 0.15) is 161 Å². The number of H-pyrrole nitrogens is 2. The molecule has 2 amide bonds. The van der Waals surface area contributed by atoms with E-state index in [1.807, 2.05) is 36.4 Å². The summed E-state index contributed by atoms with van der Waals surface area (Å²) in [5.41, 5.74) is 11.5. The molecule has 28 nitrogen and oxygen atoms in total. The van der Waals surface area contributed by atoms with Crippen molar-refractivity contribution in [1.29, 1.82) is 0 Å². The fourth-order valence-electron chi connectivity index (χ4n) is 20.2. The van der Waals surface area contributed by atoms with Gasteiger partial charge in [0, 0.05) is 172 Å². The van der Waals surface area contributed by atoms with Crippen LogP contribution in [0.5, 0.6) is 34.5 Å². The highest BCUT2D eigenvalue weighted by atomic mass is 35.5. The molecule has 10 aromatic rings. The van der Waals surface area contributed by atoms with Gasteiger partial charge in [-0.3, -0.25) is 39.6 Å². The van der Waals surface area contributed by atoms with Crippen molar-refractivity contribution in [3.8, 4) is 34.5 Å². The topological polar surface area (TPSA) is 338 Å². The Morgan fingerprint density at radius 3 is 1.26 bits per heavy atom. The number of benzene rings is 6. The van der Waals surface area contributed by atoms with Gasteiger partial charge in [0.2, 0.25) is 0 Å². The van der Waals surface area contributed by atoms with E-state index in [2.05, 4.69) is 101 Å². The molecule has 684 valence electrons. The van der Waals surface area contributed by atoms with Gasteiger partial charge < -0.3 is 48.2 Å². The number of anilines is 2. The maximum Gasteiger partial charge on any atom is 0.277 e. The van der Waals surface area contributed by atoms with E-state index in [-0.39, 0.29) is 80.4 Å². The summed E-state index contributed by atoms with van der Waals surface area (Å²) < 4.78 is 96.1. The highest BCUT2D eigenvalue weighted by Gasteiger charge is 2.41. The minimum atomic E-state index is -4.63. The fourth-order valence-corrected chi connectivity index (χ4v) is 22.4. The molecule has 2 saturated carbocycles. The zero-order valence-corrected chi connectivity index (χ0v) is 77.1. The number of methoxy groups -OCH3 is 2. The molecule has 8 aliphatic rings. The molecular weight excluding hydrogens is 1740 g/mol. The number of pyridine rings is 2. The zero-order chi connectivity index (χ0) is 90.9. The number of nitro groups is 2. The standard InChI is InChI=1S/2C49H55ClN6O8S/c2*1-49(2)16-14-34(43(27-49)32-4-8-36(50)9-5-32)29-54-18-20-55(21-19-54)37-10-13-41(46(24-37)64-39-22-33-15-17-51-47(33)52-28-39)48(57)53-65(60,61)40-25-44(56(58)59)42-23-35(30-63-45(42)26-40)31-6-11-38(62-3)12-7-31/h2*4-5,8-10,13,15,17,22,24-26,28,31,35,38H,6-7,11-12,14,16,18-21,23,27,29-30H2,1-3H3,(H,51,52)(H,53,57)/t2*31?,35-,38?/m10/s1. The normalized spacial score (nSPS) is 21.4. The second kappa shape index (κ2) is 38.5. The Morgan fingerprint density at radius 2 is 0.892 bits per heavy atom. The molecule has 8 heterocycles. The molecule has 4 fully saturated rings. The SMILES string of the molecule is COC1CCC([C@@H]2COc3cc(S(=O)(=O)NC(=O)c4ccc(N5CCN(CC6=C(c7ccc(Cl)cc7)CC(C)(C)CC6)CC5)cc4Oc4cnc5[nH]ccc5c4)cc([N+](=O)[O-])c3C2)CC1.COC1CCC([C@H]2COc3cc(S(=O)(=O)NC(=O)c4ccc(N5CCN(CC6=C(c7ccc(Cl)cc7)CC(C)(C)CC6)CC5)cc4Oc4cnc5[nH]ccc5c4)cc([N+](=O)[O-])c3C2)CC1. The first-order valence-corrected chi connectivity index (χ1v) is 48.6. The van der Waals surface area contributed by atoms with Crippen molar-refractivity contribution in [2.75, 3.05) is 103 Å². The Hall–Kier alpha value is -11.0. The van der Waals surface area contributed by atoms with Crippen LogP contribution >= 0.6 is 23.2 Å². The molecule has 18 rings (SSSR count). The number of amides is 2. The average molecular weight is 1850 g/mol. The first-order chi connectivity index (χ1) is 62.4. The van der Waals surface area contributed by atoms with Crippen LogP contribution in [0.2, 0.25) is 10.0 Å². The van der Waals surface area contributed by atoms with Gasteiger partial charge in [-0.25, -0.2) is 36.2 Å². The first kappa shape index (κ1) is 91.0. The number of nitrogens with zero attached hydrogens (tertiary/aromatic N) is 8. The number of hydrogen-bond donors (Lipinski definition) is 4. The van der Waals surface area contributed by atoms with Crippen LogP contribution in [-0.2, 0) is 42.4 Å². The lowest BCUT2D eigenvalue weighted by Gasteiger charge is -2.39. The minimum Gasteiger partial charge on any atom is -0.493 e. The van der Waals surface area contributed by atoms with Gasteiger partial charge in [-0.15, -0.1) is 0 Å². The summed E-state index contributed by atoms with van der Waals surface area (Å²) in [5, 5.41) is 27.9. The van der Waals surface area contributed by atoms with E-state index in [1.54, 1.807) is 75.1 Å². The predicted octanol–water partition coefficient (Wildman–Crippen LogP) is 19.2. The Bertz CT molecular complexity index is 5860. The third-order valence-electron chi connectivity index (χ3n) is 27.7. The molecule has 2 atom stereocenters. The molecule has 32 heteroatoms. The van der Waals surface area contributed by atoms with Crippen LogP contribution in [0.15, 0.2) is 179 Å². The number of piperazine rings is 2. The summed E-state index contributed by atoms with van der Waals surface area (Å²) in [6.07, 6.45) is 21.6. The smallest absolute Gasteiger partial charge is 0.277 e. The van der Waals surface area contributed by atoms with Gasteiger partial charge in [0.05, 0.1) is 79.7 Å². The van der Waals surface area contributed by atoms with Crippen molar-refractivity contribution >= 4 is 111 Å². The molecule has 4 N–H and O–H groups in total. The second-order valence-electron chi connectivity index (χ2n) is 37.4. The molecule has 0 unspecified atom stereocenters. The third kappa shape index (κ3) is 20.8. The number of nitro benzene ring substituents is 2. The van der Waals surface area contributed by atoms with Gasteiger partial charge >= 0.3 is 0 Å². The largest absolute Gasteiger partial charge is 0.493 e. The highest BCUT2D eigenvalue weighted by molar-refractivity contribution is 7.90. The maximum atomic E-state index is 14.1. The lowest BCUT2D eigenvalue weighted by Crippen LogP contribution is -2.47. The van der Waals surface area contributed by atoms with Crippen LogP contribution in [0.4, 0.5) is 22.7 Å². The Kier molecular flexibility index (Phi) is 26.9. The van der Waals surface area contributed by atoms with Crippen molar-refractivity contribution in [2.24, 2.45) is 34.5 Å². The minimum absolute atomic E-state index is 0.0400. The maximum absolute atomic E-state index is 14.1. The molecule has 4 aliphatic carbocycles. The van der Waals surface area contributed by atoms with E-state index < -0.39 is 51.5 Å². The number of fused-ring (bicyclic) bond motifs is 4. The molecule has 4 aromatic heterocycles. The van der Waals surface area contributed by atoms with E-state index in [1.165, 1.54) is 57.9 Å². The Balaban J connectivity index is 0.000000182. The van der Waals surface area contributed by atoms with Crippen LogP contribution < -0.4 is 38.2 Å². The fraction of sp³-hybridized carbons (Fsp3) is 0.429. The summed E-state index contributed by atoms with van der Waals surface area (Å²) in [7, 11) is -5.82. The molecule has 130 heavy (non-hydrogen) atoms. The van der Waals surface area contributed by atoms with E-state index in [4.69, 9.17) is 51.6 Å². The van der Waals surface area contributed by atoms with Gasteiger partial charge in [-0.2, -0.15) is 0 Å². The lowest BCUT2D eigenvalue weighted by molar-refractivity contribution is -0.386. The van der Waals surface area contributed by atoms with Crippen LogP contribution in [-0.4, -0.2) is 173 Å². The van der Waals surface area contributed by atoms with Crippen LogP contribution in [0.25, 0.3) is 33.2 Å². The van der Waals surface area contributed by atoms with Gasteiger partial charge in [-0.1, -0.05) is 86.3 Å². The molecule has 0 spiro atoms. The van der Waals surface area contributed by atoms with E-state index in [0.717, 1.165) is 200 Å². The highest BCUT2D eigenvalue weighted by Crippen LogP contribution is 2.49. The summed E-state index contributed by atoms with van der Waals surface area (Å²) in [6, 6.07) is 38.4. The number of nitrogens with one attached hydrogen (secondary N) is 4. The Labute approximate surface area is 767 Å². The molecule has 2 saturated heterocycles. The summed E-state index contributed by atoms with van der Waals surface area (Å²) in [5.74, 6) is 0.0566. The number of aromatic nitrogens is 4. The third-order valence-corrected chi connectivity index (χ3v) is 30.9. The molecule has 0 radical (unpaired) electrons. The Morgan fingerprint density at radius 1 is 0.508 bits per heavy atom. The number of carbonyl (C=O) groups is 2. The summed E-state index contributed by atoms with van der Waals surface area (Å²) in [6.45, 7) is 17.9. The molecule has 6 aromatic carbocycles. The number of rotatable bonds is 24. The van der Waals surface area contributed by atoms with E-state index in [9.17, 15) is 46.7 Å². The number of carbonyl (C=O) groups excluding carboxylic acids is 2.